The van der Waals surface area contributed by atoms with Crippen molar-refractivity contribution in [2.24, 2.45) is 0 Å². The number of hydrogen-bond donors (Lipinski definition) is 3. The second-order valence-corrected chi connectivity index (χ2v) is 4.75. The summed E-state index contributed by atoms with van der Waals surface area (Å²) in [5.41, 5.74) is 7.19. The van der Waals surface area contributed by atoms with E-state index in [4.69, 9.17) is 16.1 Å². The molecular weight excluding hydrogens is 324 g/mol. The minimum atomic E-state index is -1.09. The smallest absolute Gasteiger partial charge is 0.337 e. The van der Waals surface area contributed by atoms with Crippen LogP contribution in [-0.4, -0.2) is 16.1 Å². The number of carboxylic acids is 1. The lowest BCUT2D eigenvalue weighted by Gasteiger charge is -2.10. The van der Waals surface area contributed by atoms with E-state index >= 15 is 0 Å². The number of benzene rings is 1. The lowest BCUT2D eigenvalue weighted by atomic mass is 10.2. The van der Waals surface area contributed by atoms with E-state index in [0.29, 0.717) is 21.5 Å². The summed E-state index contributed by atoms with van der Waals surface area (Å²) in [5, 5.41) is 20.6. The molecule has 6 nitrogen and oxygen atoms in total. The molecular formula is C13H9BrN4O2. The third kappa shape index (κ3) is 2.87. The molecule has 1 aromatic carbocycles. The molecule has 0 unspecified atom stereocenters. The number of carboxylic acid groups (broad SMARTS) is 1. The van der Waals surface area contributed by atoms with E-state index in [1.807, 2.05) is 6.07 Å². The van der Waals surface area contributed by atoms with Crippen molar-refractivity contribution >= 4 is 39.1 Å². The van der Waals surface area contributed by atoms with Gasteiger partial charge in [-0.3, -0.25) is 0 Å². The molecule has 0 radical (unpaired) electrons. The highest BCUT2D eigenvalue weighted by Crippen LogP contribution is 2.28. The van der Waals surface area contributed by atoms with Crippen LogP contribution in [0.25, 0.3) is 0 Å². The Morgan fingerprint density at radius 1 is 1.45 bits per heavy atom. The molecule has 0 bridgehead atoms. The van der Waals surface area contributed by atoms with Crippen LogP contribution < -0.4 is 11.1 Å². The molecule has 0 aliphatic rings. The van der Waals surface area contributed by atoms with E-state index in [-0.39, 0.29) is 11.3 Å². The third-order valence-electron chi connectivity index (χ3n) is 2.52. The molecule has 2 aromatic rings. The number of pyridine rings is 1. The molecule has 20 heavy (non-hydrogen) atoms. The number of hydrogen-bond acceptors (Lipinski definition) is 5. The van der Waals surface area contributed by atoms with Crippen molar-refractivity contribution in [2.45, 2.75) is 0 Å². The maximum Gasteiger partial charge on any atom is 0.337 e. The minimum Gasteiger partial charge on any atom is -0.478 e. The van der Waals surface area contributed by atoms with Gasteiger partial charge in [0.25, 0.3) is 0 Å². The molecule has 0 spiro atoms. The van der Waals surface area contributed by atoms with Gasteiger partial charge in [0, 0.05) is 10.7 Å². The summed E-state index contributed by atoms with van der Waals surface area (Å²) in [7, 11) is 0. The Labute approximate surface area is 123 Å². The van der Waals surface area contributed by atoms with Crippen molar-refractivity contribution in [3.63, 3.8) is 0 Å². The second kappa shape index (κ2) is 5.59. The number of nitrogens with zero attached hydrogens (tertiary/aromatic N) is 2. The topological polar surface area (TPSA) is 112 Å². The van der Waals surface area contributed by atoms with Crippen LogP contribution in [0.5, 0.6) is 0 Å². The average Bonchev–Trinajstić information content (AvgIpc) is 2.42. The summed E-state index contributed by atoms with van der Waals surface area (Å²) in [6.45, 7) is 0. The number of carbonyl (C=O) groups is 1. The second-order valence-electron chi connectivity index (χ2n) is 3.90. The van der Waals surface area contributed by atoms with Crippen LogP contribution in [0.2, 0.25) is 0 Å². The predicted octanol–water partition coefficient (Wildman–Crippen LogP) is 2.74. The van der Waals surface area contributed by atoms with Gasteiger partial charge < -0.3 is 16.2 Å². The zero-order chi connectivity index (χ0) is 14.7. The summed E-state index contributed by atoms with van der Waals surface area (Å²) in [4.78, 5) is 14.8. The van der Waals surface area contributed by atoms with Crippen molar-refractivity contribution in [3.8, 4) is 6.07 Å². The monoisotopic (exact) mass is 332 g/mol. The largest absolute Gasteiger partial charge is 0.478 e. The Hall–Kier alpha value is -2.59. The summed E-state index contributed by atoms with van der Waals surface area (Å²) >= 11 is 3.33. The molecule has 0 saturated heterocycles. The Morgan fingerprint density at radius 2 is 2.20 bits per heavy atom. The highest BCUT2D eigenvalue weighted by atomic mass is 79.9. The van der Waals surface area contributed by atoms with E-state index in [1.165, 1.54) is 12.3 Å². The number of halogens is 1. The maximum atomic E-state index is 10.8. The fourth-order valence-corrected chi connectivity index (χ4v) is 1.99. The first-order chi connectivity index (χ1) is 9.51. The van der Waals surface area contributed by atoms with Crippen LogP contribution in [0.1, 0.15) is 15.9 Å². The van der Waals surface area contributed by atoms with Crippen LogP contribution in [0.15, 0.2) is 34.9 Å². The molecule has 1 aromatic heterocycles. The zero-order valence-electron chi connectivity index (χ0n) is 10.1. The Balaban J connectivity index is 2.31. The van der Waals surface area contributed by atoms with E-state index in [2.05, 4.69) is 26.2 Å². The fraction of sp³-hybridized carbons (Fsp3) is 0. The quantitative estimate of drug-likeness (QED) is 0.796. The van der Waals surface area contributed by atoms with Gasteiger partial charge in [-0.25, -0.2) is 9.78 Å². The van der Waals surface area contributed by atoms with Gasteiger partial charge in [0.1, 0.15) is 0 Å². The Morgan fingerprint density at radius 3 is 2.75 bits per heavy atom. The summed E-state index contributed by atoms with van der Waals surface area (Å²) in [6, 6.07) is 8.36. The van der Waals surface area contributed by atoms with Crippen molar-refractivity contribution in [1.29, 1.82) is 5.26 Å². The highest BCUT2D eigenvalue weighted by molar-refractivity contribution is 9.10. The lowest BCUT2D eigenvalue weighted by molar-refractivity contribution is 0.0696. The number of aromatic nitrogens is 1. The first kappa shape index (κ1) is 13.8. The van der Waals surface area contributed by atoms with Crippen molar-refractivity contribution in [3.05, 3.63) is 46.1 Å². The maximum absolute atomic E-state index is 10.8. The van der Waals surface area contributed by atoms with Gasteiger partial charge in [-0.15, -0.1) is 0 Å². The molecule has 4 N–H and O–H groups in total. The Bertz CT molecular complexity index is 725. The molecule has 0 aliphatic heterocycles. The lowest BCUT2D eigenvalue weighted by Crippen LogP contribution is -2.04. The predicted molar refractivity (Wildman–Crippen MR) is 77.7 cm³/mol. The Kier molecular flexibility index (Phi) is 3.86. The van der Waals surface area contributed by atoms with Gasteiger partial charge in [-0.1, -0.05) is 0 Å². The molecule has 2 rings (SSSR count). The highest BCUT2D eigenvalue weighted by Gasteiger charge is 2.09. The standard InChI is InChI=1S/C13H9BrN4O2/c14-9-3-7(5-15)1-2-11(9)18-12-10(16)4-8(6-17-12)13(19)20/h1-4,6H,16H2,(H,17,18)(H,19,20). The van der Waals surface area contributed by atoms with Gasteiger partial charge >= 0.3 is 5.97 Å². The van der Waals surface area contributed by atoms with Crippen LogP contribution in [-0.2, 0) is 0 Å². The van der Waals surface area contributed by atoms with E-state index in [0.717, 1.165) is 0 Å². The molecule has 100 valence electrons. The number of anilines is 3. The molecule has 0 aliphatic carbocycles. The van der Waals surface area contributed by atoms with Crippen LogP contribution in [0, 0.1) is 11.3 Å². The molecule has 0 fully saturated rings. The minimum absolute atomic E-state index is 0.0203. The van der Waals surface area contributed by atoms with Crippen molar-refractivity contribution < 1.29 is 9.90 Å². The normalized spacial score (nSPS) is 9.80. The fourth-order valence-electron chi connectivity index (χ4n) is 1.52. The number of nitrogen functional groups attached to an aromatic ring is 1. The SMILES string of the molecule is N#Cc1ccc(Nc2ncc(C(=O)O)cc2N)c(Br)c1. The summed E-state index contributed by atoms with van der Waals surface area (Å²) in [5.74, 6) is -0.740. The first-order valence-corrected chi connectivity index (χ1v) is 6.26. The van der Waals surface area contributed by atoms with E-state index in [1.54, 1.807) is 18.2 Å². The molecule has 7 heteroatoms. The molecule has 0 amide bonds. The number of rotatable bonds is 3. The number of nitriles is 1. The van der Waals surface area contributed by atoms with Gasteiger partial charge in [0.15, 0.2) is 5.82 Å². The van der Waals surface area contributed by atoms with Gasteiger partial charge in [0.05, 0.1) is 28.6 Å². The van der Waals surface area contributed by atoms with Crippen LogP contribution in [0.3, 0.4) is 0 Å². The number of nitrogens with one attached hydrogen (secondary N) is 1. The van der Waals surface area contributed by atoms with Crippen LogP contribution in [0.4, 0.5) is 17.2 Å². The van der Waals surface area contributed by atoms with E-state index < -0.39 is 5.97 Å². The molecule has 0 atom stereocenters. The van der Waals surface area contributed by atoms with Crippen LogP contribution >= 0.6 is 15.9 Å². The van der Waals surface area contributed by atoms with Gasteiger partial charge in [-0.2, -0.15) is 5.26 Å². The average molecular weight is 333 g/mol. The van der Waals surface area contributed by atoms with E-state index in [9.17, 15) is 4.79 Å². The van der Waals surface area contributed by atoms with Crippen molar-refractivity contribution in [2.75, 3.05) is 11.1 Å². The zero-order valence-corrected chi connectivity index (χ0v) is 11.7. The van der Waals surface area contributed by atoms with Gasteiger partial charge in [-0.05, 0) is 40.2 Å². The summed E-state index contributed by atoms with van der Waals surface area (Å²) < 4.78 is 0.681. The van der Waals surface area contributed by atoms with Gasteiger partial charge in [0.2, 0.25) is 0 Å². The third-order valence-corrected chi connectivity index (χ3v) is 3.17. The first-order valence-electron chi connectivity index (χ1n) is 5.46. The molecule has 0 saturated carbocycles. The number of nitrogens with two attached hydrogens (primary N) is 1. The summed E-state index contributed by atoms with van der Waals surface area (Å²) in [6.07, 6.45) is 1.22. The number of aromatic carboxylic acids is 1. The molecule has 1 heterocycles. The van der Waals surface area contributed by atoms with Crippen molar-refractivity contribution in [1.82, 2.24) is 4.98 Å².